The van der Waals surface area contributed by atoms with Gasteiger partial charge in [0.1, 0.15) is 5.78 Å². The summed E-state index contributed by atoms with van der Waals surface area (Å²) in [6.07, 6.45) is 8.58. The van der Waals surface area contributed by atoms with Crippen molar-refractivity contribution in [2.24, 2.45) is 23.7 Å². The maximum atomic E-state index is 11.8. The second kappa shape index (κ2) is 3.88. The molecular weight excluding hydrogens is 172 g/mol. The molecule has 0 N–H and O–H groups in total. The summed E-state index contributed by atoms with van der Waals surface area (Å²) in [5, 5.41) is 0. The Bertz CT molecular complexity index is 252. The van der Waals surface area contributed by atoms with E-state index in [-0.39, 0.29) is 0 Å². The van der Waals surface area contributed by atoms with E-state index < -0.39 is 0 Å². The van der Waals surface area contributed by atoms with E-state index in [9.17, 15) is 4.79 Å². The number of carbonyl (C=O) groups is 1. The van der Waals surface area contributed by atoms with E-state index in [1.165, 1.54) is 0 Å². The van der Waals surface area contributed by atoms with Crippen molar-refractivity contribution in [3.05, 3.63) is 12.2 Å². The molecule has 1 nitrogen and oxygen atoms in total. The van der Waals surface area contributed by atoms with E-state index in [4.69, 9.17) is 0 Å². The highest BCUT2D eigenvalue weighted by Gasteiger charge is 2.39. The first-order valence-electron chi connectivity index (χ1n) is 5.88. The number of carbonyl (C=O) groups excluding carboxylic acids is 1. The predicted octanol–water partition coefficient (Wildman–Crippen LogP) is 3.20. The summed E-state index contributed by atoms with van der Waals surface area (Å²) in [6, 6.07) is 0. The quantitative estimate of drug-likeness (QED) is 0.583. The molecule has 0 saturated heterocycles. The van der Waals surface area contributed by atoms with Crippen molar-refractivity contribution in [1.29, 1.82) is 0 Å². The molecule has 0 aromatic heterocycles. The third-order valence-corrected chi connectivity index (χ3v) is 4.03. The van der Waals surface area contributed by atoms with Gasteiger partial charge in [-0.25, -0.2) is 0 Å². The van der Waals surface area contributed by atoms with Gasteiger partial charge in [0.25, 0.3) is 0 Å². The van der Waals surface area contributed by atoms with Crippen molar-refractivity contribution in [3.63, 3.8) is 0 Å². The molecule has 0 aromatic rings. The van der Waals surface area contributed by atoms with Gasteiger partial charge >= 0.3 is 0 Å². The summed E-state index contributed by atoms with van der Waals surface area (Å²) in [7, 11) is 0. The van der Waals surface area contributed by atoms with E-state index in [2.05, 4.69) is 26.0 Å². The Labute approximate surface area is 86.6 Å². The predicted molar refractivity (Wildman–Crippen MR) is 57.9 cm³/mol. The topological polar surface area (TPSA) is 17.1 Å². The van der Waals surface area contributed by atoms with Crippen LogP contribution in [0.25, 0.3) is 0 Å². The fourth-order valence-corrected chi connectivity index (χ4v) is 3.21. The molecule has 1 heteroatoms. The van der Waals surface area contributed by atoms with Crippen LogP contribution < -0.4 is 0 Å². The highest BCUT2D eigenvalue weighted by atomic mass is 16.1. The van der Waals surface area contributed by atoms with Gasteiger partial charge in [0.2, 0.25) is 0 Å². The molecule has 14 heavy (non-hydrogen) atoms. The van der Waals surface area contributed by atoms with Gasteiger partial charge < -0.3 is 0 Å². The Balaban J connectivity index is 2.17. The van der Waals surface area contributed by atoms with Crippen molar-refractivity contribution in [1.82, 2.24) is 0 Å². The molecule has 0 bridgehead atoms. The molecule has 0 spiro atoms. The first-order chi connectivity index (χ1) is 6.70. The largest absolute Gasteiger partial charge is 0.299 e. The molecular formula is C13H20O. The Morgan fingerprint density at radius 2 is 2.00 bits per heavy atom. The molecule has 0 aromatic carbocycles. The SMILES string of the molecule is CC(C)[C@H]1CCC(=O)[C@H]2CC=CC[C@H]21. The van der Waals surface area contributed by atoms with Crippen LogP contribution in [0.1, 0.15) is 39.5 Å². The van der Waals surface area contributed by atoms with Gasteiger partial charge in [-0.1, -0.05) is 26.0 Å². The Hall–Kier alpha value is -0.590. The number of hydrogen-bond donors (Lipinski definition) is 0. The van der Waals surface area contributed by atoms with Crippen LogP contribution in [0.5, 0.6) is 0 Å². The summed E-state index contributed by atoms with van der Waals surface area (Å²) in [5.74, 6) is 3.06. The van der Waals surface area contributed by atoms with E-state index in [0.29, 0.717) is 17.6 Å². The molecule has 1 fully saturated rings. The van der Waals surface area contributed by atoms with Gasteiger partial charge in [-0.2, -0.15) is 0 Å². The Kier molecular flexibility index (Phi) is 2.76. The number of ketones is 1. The van der Waals surface area contributed by atoms with Gasteiger partial charge in [-0.15, -0.1) is 0 Å². The summed E-state index contributed by atoms with van der Waals surface area (Å²) >= 11 is 0. The van der Waals surface area contributed by atoms with Crippen molar-refractivity contribution < 1.29 is 4.79 Å². The summed E-state index contributed by atoms with van der Waals surface area (Å²) < 4.78 is 0. The standard InChI is InChI=1S/C13H20O/c1-9(2)10-7-8-13(14)12-6-4-3-5-11(10)12/h3-4,9-12H,5-8H2,1-2H3/t10-,11+,12+/m1/s1. The van der Waals surface area contributed by atoms with Gasteiger partial charge in [0, 0.05) is 12.3 Å². The van der Waals surface area contributed by atoms with E-state index >= 15 is 0 Å². The lowest BCUT2D eigenvalue weighted by Gasteiger charge is -2.40. The second-order valence-corrected chi connectivity index (χ2v) is 5.13. The second-order valence-electron chi connectivity index (χ2n) is 5.13. The van der Waals surface area contributed by atoms with Gasteiger partial charge in [-0.05, 0) is 37.0 Å². The smallest absolute Gasteiger partial charge is 0.136 e. The normalized spacial score (nSPS) is 37.4. The third-order valence-electron chi connectivity index (χ3n) is 4.03. The molecule has 1 saturated carbocycles. The van der Waals surface area contributed by atoms with Gasteiger partial charge in [0.05, 0.1) is 0 Å². The molecule has 2 rings (SSSR count). The fourth-order valence-electron chi connectivity index (χ4n) is 3.21. The lowest BCUT2D eigenvalue weighted by molar-refractivity contribution is -0.129. The van der Waals surface area contributed by atoms with E-state index in [0.717, 1.165) is 37.5 Å². The van der Waals surface area contributed by atoms with Crippen LogP contribution in [0.3, 0.4) is 0 Å². The van der Waals surface area contributed by atoms with Crippen LogP contribution >= 0.6 is 0 Å². The molecule has 78 valence electrons. The first-order valence-corrected chi connectivity index (χ1v) is 5.88. The summed E-state index contributed by atoms with van der Waals surface area (Å²) in [4.78, 5) is 11.8. The fraction of sp³-hybridized carbons (Fsp3) is 0.769. The number of hydrogen-bond acceptors (Lipinski definition) is 1. The zero-order chi connectivity index (χ0) is 10.1. The maximum absolute atomic E-state index is 11.8. The van der Waals surface area contributed by atoms with Crippen LogP contribution in [0.2, 0.25) is 0 Å². The Morgan fingerprint density at radius 3 is 2.71 bits per heavy atom. The summed E-state index contributed by atoms with van der Waals surface area (Å²) in [6.45, 7) is 4.60. The van der Waals surface area contributed by atoms with Crippen molar-refractivity contribution >= 4 is 5.78 Å². The van der Waals surface area contributed by atoms with Crippen LogP contribution in [0, 0.1) is 23.7 Å². The third kappa shape index (κ3) is 1.65. The average molecular weight is 192 g/mol. The molecule has 0 aliphatic heterocycles. The monoisotopic (exact) mass is 192 g/mol. The number of Topliss-reactive ketones (excluding diaryl/α,β-unsaturated/α-hetero) is 1. The van der Waals surface area contributed by atoms with Gasteiger partial charge in [0.15, 0.2) is 0 Å². The van der Waals surface area contributed by atoms with Crippen LogP contribution in [-0.4, -0.2) is 5.78 Å². The van der Waals surface area contributed by atoms with Crippen molar-refractivity contribution in [3.8, 4) is 0 Å². The van der Waals surface area contributed by atoms with Crippen molar-refractivity contribution in [2.75, 3.05) is 0 Å². The zero-order valence-corrected chi connectivity index (χ0v) is 9.20. The minimum Gasteiger partial charge on any atom is -0.299 e. The molecule has 3 atom stereocenters. The molecule has 0 heterocycles. The lowest BCUT2D eigenvalue weighted by Crippen LogP contribution is -2.38. The minimum absolute atomic E-state index is 0.362. The van der Waals surface area contributed by atoms with Crippen LogP contribution in [-0.2, 0) is 4.79 Å². The number of fused-ring (bicyclic) bond motifs is 1. The highest BCUT2D eigenvalue weighted by Crippen LogP contribution is 2.42. The Morgan fingerprint density at radius 1 is 1.29 bits per heavy atom. The van der Waals surface area contributed by atoms with Crippen LogP contribution in [0.15, 0.2) is 12.2 Å². The van der Waals surface area contributed by atoms with E-state index in [1.54, 1.807) is 0 Å². The molecule has 2 aliphatic rings. The first kappa shape index (κ1) is 9.95. The number of allylic oxidation sites excluding steroid dienone is 2. The average Bonchev–Trinajstić information content (AvgIpc) is 2.18. The minimum atomic E-state index is 0.362. The van der Waals surface area contributed by atoms with Crippen LogP contribution in [0.4, 0.5) is 0 Å². The highest BCUT2D eigenvalue weighted by molar-refractivity contribution is 5.82. The van der Waals surface area contributed by atoms with Crippen molar-refractivity contribution in [2.45, 2.75) is 39.5 Å². The number of rotatable bonds is 1. The molecule has 0 radical (unpaired) electrons. The molecule has 0 unspecified atom stereocenters. The summed E-state index contributed by atoms with van der Waals surface area (Å²) in [5.41, 5.74) is 0. The molecule has 2 aliphatic carbocycles. The maximum Gasteiger partial charge on any atom is 0.136 e. The molecule has 0 amide bonds. The zero-order valence-electron chi connectivity index (χ0n) is 9.20. The van der Waals surface area contributed by atoms with Gasteiger partial charge in [-0.3, -0.25) is 4.79 Å². The lowest BCUT2D eigenvalue weighted by atomic mass is 9.64. The van der Waals surface area contributed by atoms with E-state index in [1.807, 2.05) is 0 Å².